The number of imidazole rings is 1. The first-order valence-corrected chi connectivity index (χ1v) is 9.35. The quantitative estimate of drug-likeness (QED) is 0.740. The van der Waals surface area contributed by atoms with Crippen LogP contribution in [-0.2, 0) is 6.54 Å². The van der Waals surface area contributed by atoms with Crippen LogP contribution in [0.4, 0.5) is 9.18 Å². The van der Waals surface area contributed by atoms with Crippen molar-refractivity contribution in [1.82, 2.24) is 14.5 Å². The van der Waals surface area contributed by atoms with Gasteiger partial charge < -0.3 is 14.7 Å². The summed E-state index contributed by atoms with van der Waals surface area (Å²) in [5.41, 5.74) is 2.72. The first-order valence-electron chi connectivity index (χ1n) is 9.35. The molecular formula is C21H22FN3O3. The fraction of sp³-hybridized carbons (Fsp3) is 0.333. The number of carboxylic acid groups (broad SMARTS) is 1. The summed E-state index contributed by atoms with van der Waals surface area (Å²) in [5, 5.41) is 9.20. The summed E-state index contributed by atoms with van der Waals surface area (Å²) in [7, 11) is 0. The average Bonchev–Trinajstić information content (AvgIpc) is 3.02. The third-order valence-corrected chi connectivity index (χ3v) is 5.23. The van der Waals surface area contributed by atoms with Crippen LogP contribution in [0.25, 0.3) is 11.0 Å². The van der Waals surface area contributed by atoms with E-state index in [1.807, 2.05) is 35.8 Å². The molecule has 1 saturated heterocycles. The van der Waals surface area contributed by atoms with E-state index in [0.29, 0.717) is 32.1 Å². The van der Waals surface area contributed by atoms with Gasteiger partial charge in [-0.05, 0) is 29.8 Å². The van der Waals surface area contributed by atoms with Crippen LogP contribution in [0.1, 0.15) is 18.9 Å². The molecule has 0 spiro atoms. The topological polar surface area (TPSA) is 67.6 Å². The van der Waals surface area contributed by atoms with Crippen LogP contribution in [-0.4, -0.2) is 44.8 Å². The van der Waals surface area contributed by atoms with Crippen molar-refractivity contribution in [2.45, 2.75) is 26.0 Å². The lowest BCUT2D eigenvalue weighted by molar-refractivity contribution is 0.0448. The zero-order valence-electron chi connectivity index (χ0n) is 15.6. The summed E-state index contributed by atoms with van der Waals surface area (Å²) >= 11 is 0. The van der Waals surface area contributed by atoms with Crippen molar-refractivity contribution in [2.75, 3.05) is 13.1 Å². The fourth-order valence-corrected chi connectivity index (χ4v) is 3.68. The summed E-state index contributed by atoms with van der Waals surface area (Å²) in [6, 6.07) is 14.7. The lowest BCUT2D eigenvalue weighted by atomic mass is 9.97. The van der Waals surface area contributed by atoms with Gasteiger partial charge in [0, 0.05) is 25.4 Å². The Morgan fingerprint density at radius 2 is 2.00 bits per heavy atom. The van der Waals surface area contributed by atoms with E-state index in [1.165, 1.54) is 17.0 Å². The Morgan fingerprint density at radius 3 is 2.71 bits per heavy atom. The number of aromatic nitrogens is 2. The van der Waals surface area contributed by atoms with Crippen LogP contribution in [0.2, 0.25) is 0 Å². The number of hydrogen-bond donors (Lipinski definition) is 1. The first-order chi connectivity index (χ1) is 13.5. The lowest BCUT2D eigenvalue weighted by Gasteiger charge is -2.35. The van der Waals surface area contributed by atoms with Crippen LogP contribution in [0.15, 0.2) is 48.5 Å². The van der Waals surface area contributed by atoms with Crippen molar-refractivity contribution in [3.05, 3.63) is 59.9 Å². The minimum absolute atomic E-state index is 0.0592. The predicted octanol–water partition coefficient (Wildman–Crippen LogP) is 3.99. The predicted molar refractivity (Wildman–Crippen MR) is 103 cm³/mol. The number of carbonyl (C=O) groups is 1. The van der Waals surface area contributed by atoms with Gasteiger partial charge in [-0.25, -0.2) is 9.18 Å². The van der Waals surface area contributed by atoms with Gasteiger partial charge in [-0.15, -0.1) is 0 Å². The van der Waals surface area contributed by atoms with Gasteiger partial charge in [0.25, 0.3) is 6.01 Å². The molecule has 1 N–H and O–H groups in total. The molecule has 1 aromatic heterocycles. The molecule has 4 rings (SSSR count). The minimum Gasteiger partial charge on any atom is -0.465 e. The molecule has 28 heavy (non-hydrogen) atoms. The second-order valence-corrected chi connectivity index (χ2v) is 7.25. The lowest BCUT2D eigenvalue weighted by Crippen LogP contribution is -2.46. The van der Waals surface area contributed by atoms with Gasteiger partial charge in [0.1, 0.15) is 11.9 Å². The first kappa shape index (κ1) is 18.3. The maximum Gasteiger partial charge on any atom is 0.407 e. The molecule has 1 aliphatic rings. The third kappa shape index (κ3) is 3.65. The molecule has 2 unspecified atom stereocenters. The molecular weight excluding hydrogens is 361 g/mol. The van der Waals surface area contributed by atoms with Crippen molar-refractivity contribution in [1.29, 1.82) is 0 Å². The number of nitrogens with zero attached hydrogens (tertiary/aromatic N) is 3. The van der Waals surface area contributed by atoms with Crippen molar-refractivity contribution in [2.24, 2.45) is 5.92 Å². The van der Waals surface area contributed by atoms with Gasteiger partial charge >= 0.3 is 6.09 Å². The molecule has 3 aromatic rings. The molecule has 1 amide bonds. The van der Waals surface area contributed by atoms with Crippen molar-refractivity contribution < 1.29 is 19.0 Å². The summed E-state index contributed by atoms with van der Waals surface area (Å²) in [6.07, 6.45) is -0.388. The maximum absolute atomic E-state index is 13.2. The van der Waals surface area contributed by atoms with Crippen LogP contribution < -0.4 is 4.74 Å². The number of halogens is 1. The molecule has 2 atom stereocenters. The summed E-state index contributed by atoms with van der Waals surface area (Å²) in [4.78, 5) is 17.3. The zero-order chi connectivity index (χ0) is 19.7. The summed E-state index contributed by atoms with van der Waals surface area (Å²) < 4.78 is 21.5. The number of hydrogen-bond acceptors (Lipinski definition) is 3. The molecule has 7 heteroatoms. The average molecular weight is 383 g/mol. The molecule has 0 saturated carbocycles. The van der Waals surface area contributed by atoms with E-state index in [2.05, 4.69) is 4.98 Å². The number of likely N-dealkylation sites (tertiary alicyclic amines) is 1. The van der Waals surface area contributed by atoms with E-state index in [1.54, 1.807) is 12.1 Å². The van der Waals surface area contributed by atoms with Gasteiger partial charge in [-0.2, -0.15) is 4.98 Å². The van der Waals surface area contributed by atoms with Gasteiger partial charge in [-0.3, -0.25) is 4.57 Å². The number of piperidine rings is 1. The standard InChI is InChI=1S/C21H22FN3O3/c1-14-12-24(21(26)27)11-10-19(14)28-20-23-17-4-2-3-5-18(17)25(20)13-15-6-8-16(22)9-7-15/h2-9,14,19H,10-13H2,1H3,(H,26,27). The Labute approximate surface area is 162 Å². The van der Waals surface area contributed by atoms with Crippen LogP contribution in [0.5, 0.6) is 6.01 Å². The van der Waals surface area contributed by atoms with Crippen LogP contribution in [0, 0.1) is 11.7 Å². The monoisotopic (exact) mass is 383 g/mol. The van der Waals surface area contributed by atoms with Crippen molar-refractivity contribution in [3.63, 3.8) is 0 Å². The number of fused-ring (bicyclic) bond motifs is 1. The molecule has 1 aliphatic heterocycles. The number of ether oxygens (including phenoxy) is 1. The molecule has 0 aliphatic carbocycles. The van der Waals surface area contributed by atoms with Gasteiger partial charge in [0.05, 0.1) is 17.6 Å². The zero-order valence-corrected chi connectivity index (χ0v) is 15.6. The van der Waals surface area contributed by atoms with Gasteiger partial charge in [-0.1, -0.05) is 31.2 Å². The van der Waals surface area contributed by atoms with E-state index in [4.69, 9.17) is 4.74 Å². The highest BCUT2D eigenvalue weighted by atomic mass is 19.1. The molecule has 0 radical (unpaired) electrons. The number of para-hydroxylation sites is 2. The molecule has 2 aromatic carbocycles. The number of amides is 1. The largest absolute Gasteiger partial charge is 0.465 e. The minimum atomic E-state index is -0.895. The van der Waals surface area contributed by atoms with E-state index in [9.17, 15) is 14.3 Å². The Kier molecular flexibility index (Phi) is 4.90. The van der Waals surface area contributed by atoms with E-state index < -0.39 is 6.09 Å². The highest BCUT2D eigenvalue weighted by molar-refractivity contribution is 5.76. The van der Waals surface area contributed by atoms with E-state index >= 15 is 0 Å². The third-order valence-electron chi connectivity index (χ3n) is 5.23. The number of rotatable bonds is 4. The Balaban J connectivity index is 1.61. The SMILES string of the molecule is CC1CN(C(=O)O)CCC1Oc1nc2ccccc2n1Cc1ccc(F)cc1. The smallest absolute Gasteiger partial charge is 0.407 e. The molecule has 2 heterocycles. The van der Waals surface area contributed by atoms with Crippen LogP contribution >= 0.6 is 0 Å². The van der Waals surface area contributed by atoms with Gasteiger partial charge in [0.15, 0.2) is 0 Å². The normalized spacial score (nSPS) is 19.7. The molecule has 6 nitrogen and oxygen atoms in total. The Hall–Kier alpha value is -3.09. The van der Waals surface area contributed by atoms with E-state index in [0.717, 1.165) is 16.6 Å². The maximum atomic E-state index is 13.2. The van der Waals surface area contributed by atoms with Crippen molar-refractivity contribution in [3.8, 4) is 6.01 Å². The van der Waals surface area contributed by atoms with Crippen LogP contribution in [0.3, 0.4) is 0 Å². The van der Waals surface area contributed by atoms with Gasteiger partial charge in [0.2, 0.25) is 0 Å². The molecule has 146 valence electrons. The highest BCUT2D eigenvalue weighted by Crippen LogP contribution is 2.27. The fourth-order valence-electron chi connectivity index (χ4n) is 3.68. The number of benzene rings is 2. The highest BCUT2D eigenvalue weighted by Gasteiger charge is 2.31. The summed E-state index contributed by atoms with van der Waals surface area (Å²) in [5.74, 6) is -0.210. The summed E-state index contributed by atoms with van der Waals surface area (Å²) in [6.45, 7) is 3.39. The second kappa shape index (κ2) is 7.50. The Morgan fingerprint density at radius 1 is 1.25 bits per heavy atom. The van der Waals surface area contributed by atoms with Crippen molar-refractivity contribution >= 4 is 17.1 Å². The molecule has 0 bridgehead atoms. The molecule has 1 fully saturated rings. The van der Waals surface area contributed by atoms with E-state index in [-0.39, 0.29) is 17.8 Å². The second-order valence-electron chi connectivity index (χ2n) is 7.25. The Bertz CT molecular complexity index is 986.